The van der Waals surface area contributed by atoms with E-state index in [2.05, 4.69) is 116 Å². The first-order valence-corrected chi connectivity index (χ1v) is 43.6. The number of ether oxygens (including phenoxy) is 4. The molecule has 1 amide bonds. The summed E-state index contributed by atoms with van der Waals surface area (Å²) in [6.45, 7) is 2.73. The minimum absolute atomic E-state index is 0.238. The van der Waals surface area contributed by atoms with Crippen molar-refractivity contribution in [3.63, 3.8) is 0 Å². The van der Waals surface area contributed by atoms with Crippen molar-refractivity contribution in [2.24, 2.45) is 0 Å². The molecule has 14 nitrogen and oxygen atoms in total. The predicted octanol–water partition coefficient (Wildman–Crippen LogP) is 21.0. The minimum Gasteiger partial charge on any atom is -0.394 e. The molecule has 12 unspecified atom stereocenters. The molecule has 608 valence electrons. The van der Waals surface area contributed by atoms with Gasteiger partial charge in [0.2, 0.25) is 5.91 Å². The molecule has 2 heterocycles. The Balaban J connectivity index is 1.59. The summed E-state index contributed by atoms with van der Waals surface area (Å²) < 4.78 is 23.0. The molecule has 0 saturated carbocycles. The molecule has 12 atom stereocenters. The van der Waals surface area contributed by atoms with E-state index in [1.165, 1.54) is 250 Å². The van der Waals surface area contributed by atoms with Crippen LogP contribution in [0.5, 0.6) is 0 Å². The Hall–Kier alpha value is -3.35. The van der Waals surface area contributed by atoms with E-state index in [-0.39, 0.29) is 18.9 Å². The Morgan fingerprint density at radius 3 is 1.01 bits per heavy atom. The fourth-order valence-electron chi connectivity index (χ4n) is 13.9. The fraction of sp³-hybridized carbons (Fsp3) is 0.791. The van der Waals surface area contributed by atoms with E-state index in [4.69, 9.17) is 18.9 Å². The summed E-state index contributed by atoms with van der Waals surface area (Å²) in [4.78, 5) is 13.4. The summed E-state index contributed by atoms with van der Waals surface area (Å²) in [6.07, 6.45) is 90.4. The Morgan fingerprint density at radius 1 is 0.352 bits per heavy atom. The monoisotopic (exact) mass is 1480 g/mol. The molecule has 0 aliphatic carbocycles. The molecule has 0 radical (unpaired) electrons. The van der Waals surface area contributed by atoms with Gasteiger partial charge in [-0.3, -0.25) is 4.79 Å². The van der Waals surface area contributed by atoms with E-state index in [0.717, 1.165) is 89.9 Å². The highest BCUT2D eigenvalue weighted by Crippen LogP contribution is 2.30. The van der Waals surface area contributed by atoms with Crippen LogP contribution >= 0.6 is 0 Å². The Bertz CT molecular complexity index is 2190. The zero-order valence-corrected chi connectivity index (χ0v) is 67.0. The number of carbonyl (C=O) groups is 1. The molecule has 0 aromatic rings. The van der Waals surface area contributed by atoms with E-state index >= 15 is 0 Å². The number of amides is 1. The topological polar surface area (TPSA) is 228 Å². The number of aliphatic hydroxyl groups is 8. The van der Waals surface area contributed by atoms with Gasteiger partial charge in [-0.2, -0.15) is 0 Å². The van der Waals surface area contributed by atoms with Crippen LogP contribution < -0.4 is 5.32 Å². The summed E-state index contributed by atoms with van der Waals surface area (Å²) in [7, 11) is 0. The minimum atomic E-state index is -1.79. The highest BCUT2D eigenvalue weighted by Gasteiger charge is 2.51. The van der Waals surface area contributed by atoms with Crippen LogP contribution in [0, 0.1) is 0 Å². The maximum absolute atomic E-state index is 13.4. The molecule has 2 fully saturated rings. The van der Waals surface area contributed by atoms with Crippen molar-refractivity contribution in [1.29, 1.82) is 0 Å². The number of hydrogen-bond donors (Lipinski definition) is 9. The summed E-state index contributed by atoms with van der Waals surface area (Å²) >= 11 is 0. The van der Waals surface area contributed by atoms with E-state index in [0.29, 0.717) is 6.42 Å². The van der Waals surface area contributed by atoms with Crippen LogP contribution in [0.3, 0.4) is 0 Å². The largest absolute Gasteiger partial charge is 0.394 e. The molecule has 0 aromatic carbocycles. The number of nitrogens with one attached hydrogen (secondary N) is 1. The fourth-order valence-corrected chi connectivity index (χ4v) is 13.9. The third kappa shape index (κ3) is 55.7. The van der Waals surface area contributed by atoms with Crippen LogP contribution in [0.15, 0.2) is 109 Å². The second-order valence-corrected chi connectivity index (χ2v) is 30.3. The summed E-state index contributed by atoms with van der Waals surface area (Å²) in [5.74, 6) is -0.238. The first-order chi connectivity index (χ1) is 51.6. The molecule has 2 aliphatic heterocycles. The average Bonchev–Trinajstić information content (AvgIpc) is 0.789. The van der Waals surface area contributed by atoms with Crippen LogP contribution in [-0.4, -0.2) is 140 Å². The van der Waals surface area contributed by atoms with Gasteiger partial charge in [0.1, 0.15) is 48.8 Å². The van der Waals surface area contributed by atoms with Crippen molar-refractivity contribution < 1.29 is 64.6 Å². The van der Waals surface area contributed by atoms with Crippen LogP contribution in [0.4, 0.5) is 0 Å². The second-order valence-electron chi connectivity index (χ2n) is 30.3. The van der Waals surface area contributed by atoms with Gasteiger partial charge < -0.3 is 65.1 Å². The summed E-state index contributed by atoms with van der Waals surface area (Å²) in [5, 5.41) is 87.9. The van der Waals surface area contributed by atoms with E-state index in [1.54, 1.807) is 6.08 Å². The van der Waals surface area contributed by atoms with Crippen molar-refractivity contribution in [2.45, 2.75) is 441 Å². The molecule has 9 N–H and O–H groups in total. The molecule has 0 bridgehead atoms. The third-order valence-electron chi connectivity index (χ3n) is 20.7. The highest BCUT2D eigenvalue weighted by atomic mass is 16.7. The van der Waals surface area contributed by atoms with Crippen LogP contribution in [0.2, 0.25) is 0 Å². The molecule has 2 saturated heterocycles. The summed E-state index contributed by atoms with van der Waals surface area (Å²) in [5.41, 5.74) is 0. The maximum atomic E-state index is 13.4. The Labute approximate surface area is 642 Å². The third-order valence-corrected chi connectivity index (χ3v) is 20.7. The molecule has 0 aromatic heterocycles. The van der Waals surface area contributed by atoms with Crippen molar-refractivity contribution in [3.05, 3.63) is 109 Å². The zero-order chi connectivity index (χ0) is 75.8. The normalized spacial score (nSPS) is 21.9. The van der Waals surface area contributed by atoms with Crippen molar-refractivity contribution in [2.75, 3.05) is 19.8 Å². The first-order valence-electron chi connectivity index (χ1n) is 43.6. The van der Waals surface area contributed by atoms with Gasteiger partial charge in [-0.05, 0) is 83.5 Å². The lowest BCUT2D eigenvalue weighted by Gasteiger charge is -2.46. The van der Waals surface area contributed by atoms with Gasteiger partial charge in [0.25, 0.3) is 0 Å². The first kappa shape index (κ1) is 97.7. The Kier molecular flexibility index (Phi) is 68.4. The molecule has 105 heavy (non-hydrogen) atoms. The van der Waals surface area contributed by atoms with Gasteiger partial charge in [0.15, 0.2) is 12.6 Å². The van der Waals surface area contributed by atoms with Gasteiger partial charge in [-0.15, -0.1) is 0 Å². The quantitative estimate of drug-likeness (QED) is 0.0204. The SMILES string of the molecule is CC/C=C\C/C=C\C/C=C\C/C=C\C/C=C\C/C=C\C/C=C\C/C=C\CCCCCCCCCCCCCCCCC(=O)NC(COC1OC(CO)C(OC2OC(CO)C(O)C(O)C2O)C(O)C1O)C(O)/C=C/CCCCCCCCCCCCCCCCCCCCCCCCCCCCCCCC. The second kappa shape index (κ2) is 73.5. The predicted molar refractivity (Wildman–Crippen MR) is 438 cm³/mol. The summed E-state index contributed by atoms with van der Waals surface area (Å²) in [6, 6.07) is -0.923. The van der Waals surface area contributed by atoms with Gasteiger partial charge in [0.05, 0.1) is 32.0 Å². The highest BCUT2D eigenvalue weighted by molar-refractivity contribution is 5.76. The number of carbonyl (C=O) groups excluding carboxylic acids is 1. The van der Waals surface area contributed by atoms with E-state index in [1.807, 2.05) is 6.08 Å². The number of rotatable bonds is 73. The molecular formula is C91H161NO13. The van der Waals surface area contributed by atoms with Crippen molar-refractivity contribution >= 4 is 5.91 Å². The van der Waals surface area contributed by atoms with Gasteiger partial charge in [-0.1, -0.05) is 386 Å². The maximum Gasteiger partial charge on any atom is 0.220 e. The van der Waals surface area contributed by atoms with Crippen LogP contribution in [0.25, 0.3) is 0 Å². The van der Waals surface area contributed by atoms with Crippen LogP contribution in [0.1, 0.15) is 367 Å². The van der Waals surface area contributed by atoms with Crippen molar-refractivity contribution in [3.8, 4) is 0 Å². The smallest absolute Gasteiger partial charge is 0.220 e. The average molecular weight is 1480 g/mol. The lowest BCUT2D eigenvalue weighted by molar-refractivity contribution is -0.359. The molecule has 14 heteroatoms. The molecule has 2 aliphatic rings. The zero-order valence-electron chi connectivity index (χ0n) is 67.0. The Morgan fingerprint density at radius 2 is 0.657 bits per heavy atom. The van der Waals surface area contributed by atoms with Gasteiger partial charge in [0, 0.05) is 6.42 Å². The molecule has 2 rings (SSSR count). The van der Waals surface area contributed by atoms with Gasteiger partial charge >= 0.3 is 0 Å². The van der Waals surface area contributed by atoms with Crippen LogP contribution in [-0.2, 0) is 23.7 Å². The van der Waals surface area contributed by atoms with E-state index < -0.39 is 86.8 Å². The number of allylic oxidation sites excluding steroid dienone is 17. The van der Waals surface area contributed by atoms with Crippen molar-refractivity contribution in [1.82, 2.24) is 5.32 Å². The standard InChI is InChI=1S/C91H161NO13/c1-3-5-7-9-11-13-15-17-19-21-23-25-27-29-31-33-35-37-38-39-40-41-42-43-45-47-49-51-53-55-57-59-61-63-65-67-69-71-73-75-83(96)92-79(78-102-90-88(101)86(99)89(82(77-94)104-90)105-91-87(100)85(98)84(97)81(76-93)103-91)80(95)74-72-70-68-66-64-62-60-58-56-54-52-50-48-46-44-36-34-32-30-28-26-24-22-20-18-16-14-12-10-8-6-4-2/h5,7,11,13,17,19,23,25,29,31,35,37,39-40,42-43,72,74,79-82,84-91,93-95,97-101H,3-4,6,8-10,12,14-16,18,20-22,24,26-28,30,32-34,36,38,41,44-71,73,75-78H2,1-2H3,(H,92,96)/b7-5-,13-11-,19-17-,25-23-,31-29-,37-35-,40-39-,43-42-,74-72+. The number of unbranched alkanes of at least 4 members (excludes halogenated alkanes) is 44. The number of hydrogen-bond acceptors (Lipinski definition) is 13. The molecular weight excluding hydrogens is 1310 g/mol. The van der Waals surface area contributed by atoms with Gasteiger partial charge in [-0.25, -0.2) is 0 Å². The lowest BCUT2D eigenvalue weighted by atomic mass is 9.97. The lowest BCUT2D eigenvalue weighted by Crippen LogP contribution is -2.65. The van der Waals surface area contributed by atoms with E-state index in [9.17, 15) is 45.6 Å². The number of aliphatic hydroxyl groups excluding tert-OH is 8. The molecule has 0 spiro atoms.